The van der Waals surface area contributed by atoms with Gasteiger partial charge in [0.25, 0.3) is 0 Å². The average Bonchev–Trinajstić information content (AvgIpc) is 2.55. The van der Waals surface area contributed by atoms with Crippen molar-refractivity contribution in [3.8, 4) is 0 Å². The van der Waals surface area contributed by atoms with E-state index < -0.39 is 0 Å². The molecule has 0 unspecified atom stereocenters. The summed E-state index contributed by atoms with van der Waals surface area (Å²) in [6, 6.07) is 13.2. The Morgan fingerprint density at radius 3 is 1.86 bits per heavy atom. The van der Waals surface area contributed by atoms with Crippen molar-refractivity contribution in [2.45, 2.75) is 0 Å². The molecule has 0 fully saturated rings. The standard InChI is InChI=1S/C15H10N6O/c16-20-18-13-6-1-11(2-7-13)3-10-15(22)12-4-8-14(9-5-12)19-21-17/h1-10H/b10-3-. The number of carbonyl (C=O) groups excluding carboxylic acids is 1. The number of benzene rings is 2. The third-order valence-electron chi connectivity index (χ3n) is 2.79. The van der Waals surface area contributed by atoms with Gasteiger partial charge in [-0.15, -0.1) is 0 Å². The summed E-state index contributed by atoms with van der Waals surface area (Å²) in [6.07, 6.45) is 3.12. The molecular formula is C15H10N6O. The molecule has 0 saturated carbocycles. The van der Waals surface area contributed by atoms with Crippen LogP contribution in [0.25, 0.3) is 27.0 Å². The molecule has 0 amide bonds. The highest BCUT2D eigenvalue weighted by atomic mass is 16.1. The summed E-state index contributed by atoms with van der Waals surface area (Å²) in [6.45, 7) is 0. The number of hydrogen-bond donors (Lipinski definition) is 0. The number of ketones is 1. The highest BCUT2D eigenvalue weighted by Crippen LogP contribution is 2.16. The van der Waals surface area contributed by atoms with E-state index in [-0.39, 0.29) is 5.78 Å². The molecule has 0 bridgehead atoms. The van der Waals surface area contributed by atoms with Crippen molar-refractivity contribution in [2.75, 3.05) is 0 Å². The molecule has 0 aliphatic carbocycles. The number of rotatable bonds is 5. The lowest BCUT2D eigenvalue weighted by Crippen LogP contribution is -1.92. The Kier molecular flexibility index (Phi) is 4.94. The molecular weight excluding hydrogens is 280 g/mol. The van der Waals surface area contributed by atoms with Crippen LogP contribution in [0.4, 0.5) is 11.4 Å². The Hall–Kier alpha value is -3.53. The fourth-order valence-electron chi connectivity index (χ4n) is 1.72. The van der Waals surface area contributed by atoms with Crippen LogP contribution in [-0.2, 0) is 0 Å². The first-order valence-electron chi connectivity index (χ1n) is 6.25. The minimum absolute atomic E-state index is 0.161. The molecule has 7 heteroatoms. The van der Waals surface area contributed by atoms with Gasteiger partial charge in [0.2, 0.25) is 0 Å². The second kappa shape index (κ2) is 7.31. The summed E-state index contributed by atoms with van der Waals surface area (Å²) in [7, 11) is 0. The molecule has 2 rings (SSSR count). The molecule has 0 aromatic heterocycles. The Bertz CT molecular complexity index is 795. The summed E-state index contributed by atoms with van der Waals surface area (Å²) < 4.78 is 0. The number of carbonyl (C=O) groups is 1. The topological polar surface area (TPSA) is 115 Å². The van der Waals surface area contributed by atoms with Crippen molar-refractivity contribution in [1.82, 2.24) is 0 Å². The summed E-state index contributed by atoms with van der Waals surface area (Å²) in [5.74, 6) is -0.161. The molecule has 2 aromatic carbocycles. The van der Waals surface area contributed by atoms with Gasteiger partial charge in [0.05, 0.1) is 0 Å². The molecule has 0 aliphatic heterocycles. The van der Waals surface area contributed by atoms with Gasteiger partial charge in [-0.05, 0) is 22.7 Å². The Labute approximate surface area is 125 Å². The van der Waals surface area contributed by atoms with Gasteiger partial charge >= 0.3 is 0 Å². The first-order valence-corrected chi connectivity index (χ1v) is 6.25. The summed E-state index contributed by atoms with van der Waals surface area (Å²) in [5.41, 5.74) is 18.9. The van der Waals surface area contributed by atoms with Crippen LogP contribution in [0.2, 0.25) is 0 Å². The van der Waals surface area contributed by atoms with Crippen molar-refractivity contribution in [1.29, 1.82) is 0 Å². The van der Waals surface area contributed by atoms with Crippen LogP contribution in [-0.4, -0.2) is 5.78 Å². The minimum atomic E-state index is -0.161. The number of allylic oxidation sites excluding steroid dienone is 1. The minimum Gasteiger partial charge on any atom is -0.289 e. The lowest BCUT2D eigenvalue weighted by molar-refractivity contribution is 0.104. The van der Waals surface area contributed by atoms with Crippen molar-refractivity contribution >= 4 is 23.2 Å². The fraction of sp³-hybridized carbons (Fsp3) is 0. The third-order valence-corrected chi connectivity index (χ3v) is 2.79. The third kappa shape index (κ3) is 3.98. The van der Waals surface area contributed by atoms with Crippen LogP contribution >= 0.6 is 0 Å². The zero-order valence-corrected chi connectivity index (χ0v) is 11.4. The molecule has 0 atom stereocenters. The van der Waals surface area contributed by atoms with E-state index in [0.717, 1.165) is 5.56 Å². The summed E-state index contributed by atoms with van der Waals surface area (Å²) in [5, 5.41) is 6.91. The first kappa shape index (κ1) is 14.9. The molecule has 22 heavy (non-hydrogen) atoms. The van der Waals surface area contributed by atoms with Gasteiger partial charge in [0.1, 0.15) is 0 Å². The smallest absolute Gasteiger partial charge is 0.185 e. The van der Waals surface area contributed by atoms with Crippen LogP contribution < -0.4 is 0 Å². The lowest BCUT2D eigenvalue weighted by atomic mass is 10.1. The van der Waals surface area contributed by atoms with Crippen LogP contribution in [0.15, 0.2) is 64.8 Å². The van der Waals surface area contributed by atoms with Gasteiger partial charge in [-0.1, -0.05) is 64.8 Å². The Balaban J connectivity index is 2.10. The van der Waals surface area contributed by atoms with E-state index in [2.05, 4.69) is 20.1 Å². The van der Waals surface area contributed by atoms with Crippen molar-refractivity contribution < 1.29 is 4.79 Å². The Morgan fingerprint density at radius 2 is 1.36 bits per heavy atom. The van der Waals surface area contributed by atoms with Crippen molar-refractivity contribution in [3.05, 3.63) is 86.6 Å². The summed E-state index contributed by atoms with van der Waals surface area (Å²) in [4.78, 5) is 17.4. The number of hydrogen-bond acceptors (Lipinski definition) is 3. The maximum absolute atomic E-state index is 12.0. The zero-order valence-electron chi connectivity index (χ0n) is 11.4. The van der Waals surface area contributed by atoms with Gasteiger partial charge in [-0.3, -0.25) is 4.79 Å². The molecule has 106 valence electrons. The van der Waals surface area contributed by atoms with E-state index in [0.29, 0.717) is 16.9 Å². The number of nitrogens with zero attached hydrogens (tertiary/aromatic N) is 6. The predicted octanol–water partition coefficient (Wildman–Crippen LogP) is 5.47. The van der Waals surface area contributed by atoms with Crippen LogP contribution in [0.3, 0.4) is 0 Å². The van der Waals surface area contributed by atoms with E-state index in [1.54, 1.807) is 54.6 Å². The monoisotopic (exact) mass is 290 g/mol. The first-order chi connectivity index (χ1) is 10.7. The van der Waals surface area contributed by atoms with Gasteiger partial charge in [-0.25, -0.2) is 0 Å². The average molecular weight is 290 g/mol. The molecule has 2 aromatic rings. The van der Waals surface area contributed by atoms with Crippen LogP contribution in [0.1, 0.15) is 15.9 Å². The molecule has 0 aliphatic rings. The van der Waals surface area contributed by atoms with Gasteiger partial charge in [0, 0.05) is 26.8 Å². The van der Waals surface area contributed by atoms with E-state index in [4.69, 9.17) is 11.1 Å². The second-order valence-corrected chi connectivity index (χ2v) is 4.21. The predicted molar refractivity (Wildman–Crippen MR) is 83.9 cm³/mol. The largest absolute Gasteiger partial charge is 0.289 e. The highest BCUT2D eigenvalue weighted by Gasteiger charge is 2.01. The second-order valence-electron chi connectivity index (χ2n) is 4.21. The lowest BCUT2D eigenvalue weighted by Gasteiger charge is -1.97. The maximum Gasteiger partial charge on any atom is 0.185 e. The van der Waals surface area contributed by atoms with Gasteiger partial charge in [-0.2, -0.15) is 0 Å². The quantitative estimate of drug-likeness (QED) is 0.235. The van der Waals surface area contributed by atoms with Crippen LogP contribution in [0, 0.1) is 0 Å². The highest BCUT2D eigenvalue weighted by molar-refractivity contribution is 6.06. The molecule has 0 radical (unpaired) electrons. The molecule has 0 N–H and O–H groups in total. The Morgan fingerprint density at radius 1 is 0.864 bits per heavy atom. The maximum atomic E-state index is 12.0. The SMILES string of the molecule is [N-]=[N+]=Nc1ccc(/C=C\C(=O)c2ccc(N=[N+]=[N-])cc2)cc1. The number of azide groups is 2. The molecule has 0 heterocycles. The van der Waals surface area contributed by atoms with Crippen molar-refractivity contribution in [3.63, 3.8) is 0 Å². The molecule has 0 saturated heterocycles. The zero-order chi connectivity index (χ0) is 15.8. The summed E-state index contributed by atoms with van der Waals surface area (Å²) >= 11 is 0. The van der Waals surface area contributed by atoms with E-state index in [1.807, 2.05) is 0 Å². The molecule has 0 spiro atoms. The molecule has 7 nitrogen and oxygen atoms in total. The van der Waals surface area contributed by atoms with E-state index in [1.165, 1.54) is 6.08 Å². The van der Waals surface area contributed by atoms with E-state index >= 15 is 0 Å². The van der Waals surface area contributed by atoms with Gasteiger partial charge < -0.3 is 0 Å². The normalized spacial score (nSPS) is 9.82. The fourth-order valence-corrected chi connectivity index (χ4v) is 1.72. The van der Waals surface area contributed by atoms with Crippen molar-refractivity contribution in [2.24, 2.45) is 10.2 Å². The van der Waals surface area contributed by atoms with Crippen LogP contribution in [0.5, 0.6) is 0 Å². The van der Waals surface area contributed by atoms with E-state index in [9.17, 15) is 4.79 Å². The van der Waals surface area contributed by atoms with Gasteiger partial charge in [0.15, 0.2) is 5.78 Å².